The first-order valence-corrected chi connectivity index (χ1v) is 8.24. The van der Waals surface area contributed by atoms with Crippen molar-refractivity contribution in [1.29, 1.82) is 0 Å². The Morgan fingerprint density at radius 3 is 2.83 bits per heavy atom. The zero-order chi connectivity index (χ0) is 16.9. The Balaban J connectivity index is 1.54. The summed E-state index contributed by atoms with van der Waals surface area (Å²) in [5, 5.41) is 13.9. The fourth-order valence-electron chi connectivity index (χ4n) is 2.92. The molecule has 2 amide bonds. The molecule has 0 aliphatic heterocycles. The lowest BCUT2D eigenvalue weighted by Gasteiger charge is -2.09. The highest BCUT2D eigenvalue weighted by molar-refractivity contribution is 5.96. The summed E-state index contributed by atoms with van der Waals surface area (Å²) in [6, 6.07) is 3.44. The van der Waals surface area contributed by atoms with Gasteiger partial charge < -0.3 is 10.6 Å². The SMILES string of the molecule is Cn1nc(C(=O)NCCn2cccn2)cc1NC(=O)C1CCCC1. The van der Waals surface area contributed by atoms with E-state index in [1.165, 1.54) is 4.68 Å². The fourth-order valence-corrected chi connectivity index (χ4v) is 2.92. The van der Waals surface area contributed by atoms with Crippen LogP contribution >= 0.6 is 0 Å². The van der Waals surface area contributed by atoms with Crippen molar-refractivity contribution in [1.82, 2.24) is 24.9 Å². The normalized spacial score (nSPS) is 14.7. The number of carbonyl (C=O) groups excluding carboxylic acids is 2. The minimum atomic E-state index is -0.265. The van der Waals surface area contributed by atoms with Crippen LogP contribution in [0.4, 0.5) is 5.82 Å². The van der Waals surface area contributed by atoms with Gasteiger partial charge in [0.1, 0.15) is 5.82 Å². The van der Waals surface area contributed by atoms with Crippen molar-refractivity contribution in [3.8, 4) is 0 Å². The Kier molecular flexibility index (Phi) is 4.93. The summed E-state index contributed by atoms with van der Waals surface area (Å²) in [5.74, 6) is 0.371. The van der Waals surface area contributed by atoms with Crippen LogP contribution in [0.15, 0.2) is 24.5 Å². The maximum atomic E-state index is 12.2. The van der Waals surface area contributed by atoms with Gasteiger partial charge in [-0.05, 0) is 18.9 Å². The van der Waals surface area contributed by atoms with Gasteiger partial charge in [0.05, 0.1) is 6.54 Å². The molecule has 1 aliphatic rings. The Morgan fingerprint density at radius 2 is 2.12 bits per heavy atom. The van der Waals surface area contributed by atoms with E-state index in [0.29, 0.717) is 24.6 Å². The molecule has 2 heterocycles. The topological polar surface area (TPSA) is 93.8 Å². The summed E-state index contributed by atoms with van der Waals surface area (Å²) in [6.45, 7) is 1.05. The van der Waals surface area contributed by atoms with E-state index >= 15 is 0 Å². The molecule has 0 bridgehead atoms. The molecule has 0 aromatic carbocycles. The molecular weight excluding hydrogens is 308 g/mol. The Morgan fingerprint density at radius 1 is 1.33 bits per heavy atom. The van der Waals surface area contributed by atoms with Crippen molar-refractivity contribution in [3.63, 3.8) is 0 Å². The average molecular weight is 330 g/mol. The van der Waals surface area contributed by atoms with Crippen LogP contribution in [0, 0.1) is 5.92 Å². The summed E-state index contributed by atoms with van der Waals surface area (Å²) >= 11 is 0. The minimum Gasteiger partial charge on any atom is -0.349 e. The Labute approximate surface area is 140 Å². The molecule has 0 unspecified atom stereocenters. The molecule has 8 heteroatoms. The van der Waals surface area contributed by atoms with E-state index in [9.17, 15) is 9.59 Å². The number of nitrogens with one attached hydrogen (secondary N) is 2. The van der Waals surface area contributed by atoms with Crippen LogP contribution in [-0.4, -0.2) is 37.9 Å². The highest BCUT2D eigenvalue weighted by Gasteiger charge is 2.24. The van der Waals surface area contributed by atoms with Gasteiger partial charge in [-0.15, -0.1) is 0 Å². The molecule has 1 saturated carbocycles. The van der Waals surface area contributed by atoms with Crippen LogP contribution in [0.2, 0.25) is 0 Å². The van der Waals surface area contributed by atoms with Crippen molar-refractivity contribution in [3.05, 3.63) is 30.2 Å². The van der Waals surface area contributed by atoms with Gasteiger partial charge in [-0.3, -0.25) is 19.0 Å². The first-order valence-electron chi connectivity index (χ1n) is 8.24. The van der Waals surface area contributed by atoms with E-state index in [1.54, 1.807) is 24.0 Å². The number of aryl methyl sites for hydroxylation is 1. The van der Waals surface area contributed by atoms with Crippen molar-refractivity contribution < 1.29 is 9.59 Å². The maximum Gasteiger partial charge on any atom is 0.271 e. The largest absolute Gasteiger partial charge is 0.349 e. The smallest absolute Gasteiger partial charge is 0.271 e. The molecular formula is C16H22N6O2. The molecule has 1 aliphatic carbocycles. The first-order chi connectivity index (χ1) is 11.6. The number of hydrogen-bond donors (Lipinski definition) is 2. The van der Waals surface area contributed by atoms with Gasteiger partial charge in [-0.25, -0.2) is 0 Å². The van der Waals surface area contributed by atoms with E-state index in [4.69, 9.17) is 0 Å². The molecule has 2 aromatic rings. The molecule has 2 N–H and O–H groups in total. The van der Waals surface area contributed by atoms with Crippen LogP contribution in [0.25, 0.3) is 0 Å². The van der Waals surface area contributed by atoms with Crippen LogP contribution < -0.4 is 10.6 Å². The van der Waals surface area contributed by atoms with Crippen molar-refractivity contribution in [2.45, 2.75) is 32.2 Å². The van der Waals surface area contributed by atoms with E-state index in [2.05, 4.69) is 20.8 Å². The monoisotopic (exact) mass is 330 g/mol. The van der Waals surface area contributed by atoms with Gasteiger partial charge >= 0.3 is 0 Å². The Bertz CT molecular complexity index is 700. The predicted molar refractivity (Wildman–Crippen MR) is 88.4 cm³/mol. The minimum absolute atomic E-state index is 0.0149. The van der Waals surface area contributed by atoms with Crippen LogP contribution in [0.1, 0.15) is 36.2 Å². The lowest BCUT2D eigenvalue weighted by atomic mass is 10.1. The number of carbonyl (C=O) groups is 2. The zero-order valence-corrected chi connectivity index (χ0v) is 13.7. The summed E-state index contributed by atoms with van der Waals surface area (Å²) in [5.41, 5.74) is 0.291. The molecule has 0 radical (unpaired) electrons. The van der Waals surface area contributed by atoms with Crippen LogP contribution in [-0.2, 0) is 18.4 Å². The van der Waals surface area contributed by atoms with Gasteiger partial charge in [-0.2, -0.15) is 10.2 Å². The lowest BCUT2D eigenvalue weighted by molar-refractivity contribution is -0.119. The number of anilines is 1. The molecule has 128 valence electrons. The predicted octanol–water partition coefficient (Wildman–Crippen LogP) is 1.18. The molecule has 0 atom stereocenters. The lowest BCUT2D eigenvalue weighted by Crippen LogP contribution is -2.27. The highest BCUT2D eigenvalue weighted by Crippen LogP contribution is 2.26. The fraction of sp³-hybridized carbons (Fsp3) is 0.500. The molecule has 0 saturated heterocycles. The molecule has 2 aromatic heterocycles. The summed E-state index contributed by atoms with van der Waals surface area (Å²) in [6.07, 6.45) is 7.61. The van der Waals surface area contributed by atoms with Crippen molar-refractivity contribution in [2.75, 3.05) is 11.9 Å². The third-order valence-corrected chi connectivity index (χ3v) is 4.28. The number of rotatable bonds is 6. The highest BCUT2D eigenvalue weighted by atomic mass is 16.2. The molecule has 3 rings (SSSR count). The second kappa shape index (κ2) is 7.29. The van der Waals surface area contributed by atoms with Gasteiger partial charge in [0.25, 0.3) is 5.91 Å². The second-order valence-corrected chi connectivity index (χ2v) is 6.03. The number of aromatic nitrogens is 4. The molecule has 8 nitrogen and oxygen atoms in total. The van der Waals surface area contributed by atoms with Gasteiger partial charge in [0, 0.05) is 38.0 Å². The molecule has 0 spiro atoms. The van der Waals surface area contributed by atoms with Gasteiger partial charge in [-0.1, -0.05) is 12.8 Å². The first kappa shape index (κ1) is 16.2. The summed E-state index contributed by atoms with van der Waals surface area (Å²) < 4.78 is 3.27. The van der Waals surface area contributed by atoms with E-state index < -0.39 is 0 Å². The van der Waals surface area contributed by atoms with E-state index in [0.717, 1.165) is 25.7 Å². The number of hydrogen-bond acceptors (Lipinski definition) is 4. The molecule has 24 heavy (non-hydrogen) atoms. The zero-order valence-electron chi connectivity index (χ0n) is 13.7. The molecule has 1 fully saturated rings. The van der Waals surface area contributed by atoms with Crippen LogP contribution in [0.3, 0.4) is 0 Å². The average Bonchev–Trinajstić information content (AvgIpc) is 3.29. The summed E-state index contributed by atoms with van der Waals surface area (Å²) in [7, 11) is 1.71. The third-order valence-electron chi connectivity index (χ3n) is 4.28. The Hall–Kier alpha value is -2.64. The second-order valence-electron chi connectivity index (χ2n) is 6.03. The maximum absolute atomic E-state index is 12.2. The van der Waals surface area contributed by atoms with E-state index in [1.807, 2.05) is 12.3 Å². The standard InChI is InChI=1S/C16H22N6O2/c1-21-14(19-15(23)12-5-2-3-6-12)11-13(20-21)16(24)17-8-10-22-9-4-7-18-22/h4,7,9,11-12H,2-3,5-6,8,10H2,1H3,(H,17,24)(H,19,23). The van der Waals surface area contributed by atoms with Gasteiger partial charge in [0.15, 0.2) is 5.69 Å². The number of amides is 2. The van der Waals surface area contributed by atoms with Crippen molar-refractivity contribution >= 4 is 17.6 Å². The van der Waals surface area contributed by atoms with Crippen molar-refractivity contribution in [2.24, 2.45) is 13.0 Å². The van der Waals surface area contributed by atoms with Crippen LogP contribution in [0.5, 0.6) is 0 Å². The quantitative estimate of drug-likeness (QED) is 0.831. The number of nitrogens with zero attached hydrogens (tertiary/aromatic N) is 4. The third kappa shape index (κ3) is 3.81. The summed E-state index contributed by atoms with van der Waals surface area (Å²) in [4.78, 5) is 24.3. The van der Waals surface area contributed by atoms with E-state index in [-0.39, 0.29) is 17.7 Å². The van der Waals surface area contributed by atoms with Gasteiger partial charge in [0.2, 0.25) is 5.91 Å².